The van der Waals surface area contributed by atoms with Crippen molar-refractivity contribution >= 4 is 17.5 Å². The number of benzene rings is 2. The monoisotopic (exact) mass is 411 g/mol. The Labute approximate surface area is 175 Å². The second kappa shape index (κ2) is 9.15. The maximum absolute atomic E-state index is 10.8. The molecule has 0 amide bonds. The molecule has 1 aromatic heterocycles. The summed E-state index contributed by atoms with van der Waals surface area (Å²) in [4.78, 5) is 17.1. The Bertz CT molecular complexity index is 999. The molecule has 29 heavy (non-hydrogen) atoms. The molecule has 0 aliphatic carbocycles. The molecular weight excluding hydrogens is 386 g/mol. The fraction of sp³-hybridized carbons (Fsp3) is 0.318. The Morgan fingerprint density at radius 2 is 1.86 bits per heavy atom. The van der Waals surface area contributed by atoms with Crippen LogP contribution in [0, 0.1) is 20.8 Å². The van der Waals surface area contributed by atoms with Crippen LogP contribution in [0.1, 0.15) is 22.3 Å². The molecule has 152 valence electrons. The predicted octanol–water partition coefficient (Wildman–Crippen LogP) is 4.48. The fourth-order valence-electron chi connectivity index (χ4n) is 3.02. The van der Waals surface area contributed by atoms with Gasteiger partial charge in [0.05, 0.1) is 6.54 Å². The lowest BCUT2D eigenvalue weighted by molar-refractivity contribution is -0.137. The van der Waals surface area contributed by atoms with Crippen LogP contribution in [0.4, 0.5) is 0 Å². The summed E-state index contributed by atoms with van der Waals surface area (Å²) >= 11 is 1.24. The van der Waals surface area contributed by atoms with Gasteiger partial charge in [-0.2, -0.15) is 9.36 Å². The van der Waals surface area contributed by atoms with E-state index in [4.69, 9.17) is 9.84 Å². The lowest BCUT2D eigenvalue weighted by Gasteiger charge is -2.16. The zero-order chi connectivity index (χ0) is 21.0. The highest BCUT2D eigenvalue weighted by Gasteiger charge is 2.12. The van der Waals surface area contributed by atoms with E-state index in [9.17, 15) is 4.79 Å². The van der Waals surface area contributed by atoms with E-state index in [1.54, 1.807) is 4.90 Å². The van der Waals surface area contributed by atoms with Gasteiger partial charge in [-0.1, -0.05) is 35.9 Å². The third kappa shape index (κ3) is 5.62. The molecular formula is C22H25N3O3S. The summed E-state index contributed by atoms with van der Waals surface area (Å²) in [5.41, 5.74) is 5.47. The number of aliphatic carboxylic acids is 1. The van der Waals surface area contributed by atoms with Crippen LogP contribution in [-0.4, -0.2) is 45.5 Å². The molecule has 0 spiro atoms. The molecule has 0 unspecified atom stereocenters. The van der Waals surface area contributed by atoms with E-state index in [1.165, 1.54) is 22.7 Å². The molecule has 0 bridgehead atoms. The van der Waals surface area contributed by atoms with Crippen LogP contribution < -0.4 is 4.74 Å². The number of aromatic nitrogens is 2. The average Bonchev–Trinajstić information content (AvgIpc) is 3.12. The first-order valence-corrected chi connectivity index (χ1v) is 10.2. The number of rotatable bonds is 8. The van der Waals surface area contributed by atoms with Crippen LogP contribution in [0.15, 0.2) is 36.4 Å². The summed E-state index contributed by atoms with van der Waals surface area (Å²) < 4.78 is 10.4. The summed E-state index contributed by atoms with van der Waals surface area (Å²) in [6.45, 7) is 6.81. The highest BCUT2D eigenvalue weighted by atomic mass is 32.1. The highest BCUT2D eigenvalue weighted by Crippen LogP contribution is 2.31. The van der Waals surface area contributed by atoms with Gasteiger partial charge in [-0.3, -0.25) is 9.69 Å². The molecule has 7 heteroatoms. The van der Waals surface area contributed by atoms with Gasteiger partial charge in [0, 0.05) is 23.6 Å². The van der Waals surface area contributed by atoms with Crippen LogP contribution in [0.5, 0.6) is 10.9 Å². The van der Waals surface area contributed by atoms with E-state index < -0.39 is 5.97 Å². The van der Waals surface area contributed by atoms with Gasteiger partial charge in [-0.25, -0.2) is 0 Å². The molecule has 1 heterocycles. The average molecular weight is 412 g/mol. The van der Waals surface area contributed by atoms with Crippen molar-refractivity contribution in [3.8, 4) is 22.3 Å². The molecule has 0 fully saturated rings. The van der Waals surface area contributed by atoms with E-state index in [0.717, 1.165) is 28.9 Å². The van der Waals surface area contributed by atoms with Crippen LogP contribution >= 0.6 is 11.5 Å². The fourth-order valence-corrected chi connectivity index (χ4v) is 3.58. The van der Waals surface area contributed by atoms with E-state index in [2.05, 4.69) is 15.4 Å². The van der Waals surface area contributed by atoms with Gasteiger partial charge in [-0.15, -0.1) is 0 Å². The molecule has 3 aromatic rings. The SMILES string of the molecule is Cc1ccc(-c2nsc(Oc3cc(C)c(CCN(C)CC(=O)O)cc3C)n2)cc1. The first-order valence-electron chi connectivity index (χ1n) is 9.41. The van der Waals surface area contributed by atoms with Crippen molar-refractivity contribution in [2.75, 3.05) is 20.1 Å². The molecule has 2 aromatic carbocycles. The van der Waals surface area contributed by atoms with Gasteiger partial charge in [0.2, 0.25) is 0 Å². The van der Waals surface area contributed by atoms with Crippen molar-refractivity contribution in [2.24, 2.45) is 0 Å². The molecule has 3 rings (SSSR count). The molecule has 6 nitrogen and oxygen atoms in total. The number of aryl methyl sites for hydroxylation is 3. The summed E-state index contributed by atoms with van der Waals surface area (Å²) in [6.07, 6.45) is 0.785. The number of carboxylic acids is 1. The van der Waals surface area contributed by atoms with Gasteiger partial charge in [-0.05, 0) is 57.0 Å². The Kier molecular flexibility index (Phi) is 6.61. The zero-order valence-electron chi connectivity index (χ0n) is 17.1. The lowest BCUT2D eigenvalue weighted by Crippen LogP contribution is -2.27. The van der Waals surface area contributed by atoms with Gasteiger partial charge in [0.1, 0.15) is 5.75 Å². The Hall–Kier alpha value is -2.77. The number of nitrogens with zero attached hydrogens (tertiary/aromatic N) is 3. The standard InChI is InChI=1S/C22H25N3O3S/c1-14-5-7-17(8-6-14)21-23-22(29-24-21)28-19-12-15(2)18(11-16(19)3)9-10-25(4)13-20(26)27/h5-8,11-12H,9-10,13H2,1-4H3,(H,26,27). The summed E-state index contributed by atoms with van der Waals surface area (Å²) in [5.74, 6) is 0.612. The third-order valence-corrected chi connectivity index (χ3v) is 5.31. The second-order valence-corrected chi connectivity index (χ2v) is 7.99. The van der Waals surface area contributed by atoms with E-state index in [0.29, 0.717) is 17.6 Å². The minimum atomic E-state index is -0.814. The molecule has 0 aliphatic heterocycles. The lowest BCUT2D eigenvalue weighted by atomic mass is 10.0. The highest BCUT2D eigenvalue weighted by molar-refractivity contribution is 7.07. The first kappa shape index (κ1) is 21.0. The first-order chi connectivity index (χ1) is 13.8. The quantitative estimate of drug-likeness (QED) is 0.589. The summed E-state index contributed by atoms with van der Waals surface area (Å²) in [5, 5.41) is 9.39. The largest absolute Gasteiger partial charge is 0.480 e. The van der Waals surface area contributed by atoms with E-state index >= 15 is 0 Å². The van der Waals surface area contributed by atoms with Crippen LogP contribution in [-0.2, 0) is 11.2 Å². The van der Waals surface area contributed by atoms with Crippen molar-refractivity contribution < 1.29 is 14.6 Å². The molecule has 0 radical (unpaired) electrons. The second-order valence-electron chi connectivity index (χ2n) is 7.28. The third-order valence-electron chi connectivity index (χ3n) is 4.72. The zero-order valence-corrected chi connectivity index (χ0v) is 17.9. The van der Waals surface area contributed by atoms with E-state index in [1.807, 2.05) is 58.2 Å². The molecule has 0 saturated carbocycles. The molecule has 1 N–H and O–H groups in total. The Morgan fingerprint density at radius 3 is 2.55 bits per heavy atom. The van der Waals surface area contributed by atoms with Crippen molar-refractivity contribution in [1.29, 1.82) is 0 Å². The van der Waals surface area contributed by atoms with Gasteiger partial charge in [0.15, 0.2) is 5.82 Å². The van der Waals surface area contributed by atoms with E-state index in [-0.39, 0.29) is 6.54 Å². The van der Waals surface area contributed by atoms with Crippen molar-refractivity contribution in [3.63, 3.8) is 0 Å². The number of carbonyl (C=O) groups is 1. The molecule has 0 aliphatic rings. The number of hydrogen-bond acceptors (Lipinski definition) is 6. The van der Waals surface area contributed by atoms with Gasteiger partial charge < -0.3 is 9.84 Å². The van der Waals surface area contributed by atoms with Gasteiger partial charge >= 0.3 is 5.97 Å². The van der Waals surface area contributed by atoms with Crippen LogP contribution in [0.3, 0.4) is 0 Å². The van der Waals surface area contributed by atoms with Crippen molar-refractivity contribution in [2.45, 2.75) is 27.2 Å². The topological polar surface area (TPSA) is 75.5 Å². The summed E-state index contributed by atoms with van der Waals surface area (Å²) in [6, 6.07) is 12.2. The van der Waals surface area contributed by atoms with Crippen LogP contribution in [0.2, 0.25) is 0 Å². The minimum Gasteiger partial charge on any atom is -0.480 e. The van der Waals surface area contributed by atoms with Crippen LogP contribution in [0.25, 0.3) is 11.4 Å². The number of ether oxygens (including phenoxy) is 1. The predicted molar refractivity (Wildman–Crippen MR) is 115 cm³/mol. The molecule has 0 saturated heterocycles. The molecule has 0 atom stereocenters. The number of carboxylic acid groups (broad SMARTS) is 1. The maximum Gasteiger partial charge on any atom is 0.317 e. The van der Waals surface area contributed by atoms with Crippen molar-refractivity contribution in [3.05, 3.63) is 58.7 Å². The maximum atomic E-state index is 10.8. The number of likely N-dealkylation sites (N-methyl/N-ethyl adjacent to an activating group) is 1. The Balaban J connectivity index is 1.69. The summed E-state index contributed by atoms with van der Waals surface area (Å²) in [7, 11) is 1.81. The number of hydrogen-bond donors (Lipinski definition) is 1. The van der Waals surface area contributed by atoms with Crippen molar-refractivity contribution in [1.82, 2.24) is 14.3 Å². The smallest absolute Gasteiger partial charge is 0.317 e. The normalized spacial score (nSPS) is 11.1. The van der Waals surface area contributed by atoms with Gasteiger partial charge in [0.25, 0.3) is 5.19 Å². The minimum absolute atomic E-state index is 0.0413. The Morgan fingerprint density at radius 1 is 1.14 bits per heavy atom.